The zero-order valence-electron chi connectivity index (χ0n) is 22.0. The minimum absolute atomic E-state index is 0.199. The molecule has 0 unspecified atom stereocenters. The van der Waals surface area contributed by atoms with E-state index < -0.39 is 12.0 Å². The lowest BCUT2D eigenvalue weighted by Crippen LogP contribution is -2.39. The Morgan fingerprint density at radius 1 is 1.05 bits per heavy atom. The molecule has 0 radical (unpaired) electrons. The number of para-hydroxylation sites is 1. The predicted octanol–water partition coefficient (Wildman–Crippen LogP) is 5.45. The summed E-state index contributed by atoms with van der Waals surface area (Å²) in [6.45, 7) is 4.40. The highest BCUT2D eigenvalue weighted by Gasteiger charge is 2.33. The number of carbonyl (C=O) groups is 1. The fraction of sp³-hybridized carbons (Fsp3) is 0.156. The highest BCUT2D eigenvalue weighted by Crippen LogP contribution is 2.31. The Bertz CT molecular complexity index is 1970. The molecule has 1 aliphatic rings. The molecule has 3 heterocycles. The van der Waals surface area contributed by atoms with Gasteiger partial charge in [0, 0.05) is 34.2 Å². The third-order valence-electron chi connectivity index (χ3n) is 7.04. The molecule has 1 atom stereocenters. The van der Waals surface area contributed by atoms with Crippen LogP contribution in [0.25, 0.3) is 17.0 Å². The number of fused-ring (bicyclic) bond motifs is 2. The van der Waals surface area contributed by atoms with Gasteiger partial charge >= 0.3 is 5.97 Å². The number of halogens is 1. The van der Waals surface area contributed by atoms with E-state index in [0.717, 1.165) is 27.6 Å². The smallest absolute Gasteiger partial charge is 0.338 e. The molecule has 0 N–H and O–H groups in total. The second-order valence-electron chi connectivity index (χ2n) is 9.53. The first-order valence-corrected chi connectivity index (χ1v) is 14.2. The van der Waals surface area contributed by atoms with Gasteiger partial charge in [-0.1, -0.05) is 89.7 Å². The zero-order valence-corrected chi connectivity index (χ0v) is 23.6. The molecule has 0 saturated heterocycles. The Kier molecular flexibility index (Phi) is 7.00. The molecule has 1 aliphatic heterocycles. The maximum absolute atomic E-state index is 14.0. The van der Waals surface area contributed by atoms with Gasteiger partial charge in [-0.25, -0.2) is 9.79 Å². The molecule has 3 aromatic carbocycles. The molecule has 0 saturated carbocycles. The molecule has 8 heteroatoms. The fourth-order valence-corrected chi connectivity index (χ4v) is 6.45. The topological polar surface area (TPSA) is 65.6 Å². The number of nitrogens with zero attached hydrogens (tertiary/aromatic N) is 3. The van der Waals surface area contributed by atoms with Crippen LogP contribution in [-0.4, -0.2) is 21.7 Å². The molecule has 0 spiro atoms. The molecule has 0 aliphatic carbocycles. The van der Waals surface area contributed by atoms with Crippen LogP contribution in [0.4, 0.5) is 0 Å². The average Bonchev–Trinajstić information content (AvgIpc) is 3.46. The first-order chi connectivity index (χ1) is 19.5. The van der Waals surface area contributed by atoms with Crippen molar-refractivity contribution in [2.24, 2.45) is 4.99 Å². The number of allylic oxidation sites excluding steroid dienone is 1. The predicted molar refractivity (Wildman–Crippen MR) is 159 cm³/mol. The number of rotatable bonds is 6. The van der Waals surface area contributed by atoms with E-state index in [9.17, 15) is 9.59 Å². The van der Waals surface area contributed by atoms with Gasteiger partial charge in [-0.2, -0.15) is 0 Å². The first-order valence-electron chi connectivity index (χ1n) is 13.0. The van der Waals surface area contributed by atoms with Crippen LogP contribution in [0.3, 0.4) is 0 Å². The van der Waals surface area contributed by atoms with E-state index in [2.05, 4.69) is 27.9 Å². The second-order valence-corrected chi connectivity index (χ2v) is 11.0. The van der Waals surface area contributed by atoms with E-state index in [4.69, 9.17) is 16.3 Å². The van der Waals surface area contributed by atoms with Crippen molar-refractivity contribution in [2.45, 2.75) is 26.4 Å². The van der Waals surface area contributed by atoms with Gasteiger partial charge in [0.05, 0.1) is 28.5 Å². The van der Waals surface area contributed by atoms with Gasteiger partial charge < -0.3 is 9.30 Å². The number of thiazole rings is 1. The van der Waals surface area contributed by atoms with Gasteiger partial charge in [-0.3, -0.25) is 9.36 Å². The molecule has 0 amide bonds. The second kappa shape index (κ2) is 10.8. The lowest BCUT2D eigenvalue weighted by Gasteiger charge is -2.24. The summed E-state index contributed by atoms with van der Waals surface area (Å²) in [7, 11) is 0. The van der Waals surface area contributed by atoms with Crippen LogP contribution in [0.2, 0.25) is 5.02 Å². The molecule has 2 aromatic heterocycles. The van der Waals surface area contributed by atoms with E-state index in [-0.39, 0.29) is 12.2 Å². The van der Waals surface area contributed by atoms with Crippen molar-refractivity contribution in [3.8, 4) is 0 Å². The lowest BCUT2D eigenvalue weighted by molar-refractivity contribution is -0.139. The summed E-state index contributed by atoms with van der Waals surface area (Å²) in [4.78, 5) is 32.3. The molecule has 40 heavy (non-hydrogen) atoms. The zero-order chi connectivity index (χ0) is 27.8. The Morgan fingerprint density at radius 2 is 1.77 bits per heavy atom. The number of ether oxygens (including phenoxy) is 1. The van der Waals surface area contributed by atoms with Gasteiger partial charge in [-0.05, 0) is 43.2 Å². The van der Waals surface area contributed by atoms with Gasteiger partial charge in [-0.15, -0.1) is 0 Å². The standard InChI is InChI=1S/C32H26ClN3O3S/c1-3-39-31(38)28-20(2)34-32-36(29(28)21-11-5-4-6-12-21)30(37)27(40-32)17-23-19-35(26-16-10-8-14-24(23)26)18-22-13-7-9-15-25(22)33/h4-17,19,29H,3,18H2,1-2H3/b27-17+/t29-/m1/s1. The lowest BCUT2D eigenvalue weighted by atomic mass is 9.96. The molecule has 200 valence electrons. The highest BCUT2D eigenvalue weighted by molar-refractivity contribution is 7.07. The Hall–Kier alpha value is -4.20. The molecular weight excluding hydrogens is 542 g/mol. The van der Waals surface area contributed by atoms with E-state index in [1.807, 2.05) is 72.8 Å². The Balaban J connectivity index is 1.52. The fourth-order valence-electron chi connectivity index (χ4n) is 5.21. The third kappa shape index (κ3) is 4.61. The number of hydrogen-bond acceptors (Lipinski definition) is 5. The SMILES string of the molecule is CCOC(=O)C1=C(C)N=c2s/c(=C/c3cn(Cc4ccccc4Cl)c4ccccc34)c(=O)n2[C@@H]1c1ccccc1. The van der Waals surface area contributed by atoms with Crippen LogP contribution >= 0.6 is 22.9 Å². The summed E-state index contributed by atoms with van der Waals surface area (Å²) < 4.78 is 9.69. The minimum atomic E-state index is -0.625. The van der Waals surface area contributed by atoms with Crippen LogP contribution in [0.1, 0.15) is 36.6 Å². The van der Waals surface area contributed by atoms with Crippen molar-refractivity contribution in [2.75, 3.05) is 6.61 Å². The number of hydrogen-bond donors (Lipinski definition) is 0. The molecule has 6 rings (SSSR count). The van der Waals surface area contributed by atoms with E-state index in [1.54, 1.807) is 18.4 Å². The molecular formula is C32H26ClN3O3S. The monoisotopic (exact) mass is 567 g/mol. The van der Waals surface area contributed by atoms with E-state index in [0.29, 0.717) is 32.2 Å². The molecule has 5 aromatic rings. The quantitative estimate of drug-likeness (QED) is 0.256. The Morgan fingerprint density at radius 3 is 2.55 bits per heavy atom. The summed E-state index contributed by atoms with van der Waals surface area (Å²) in [5.41, 5.74) is 4.54. The van der Waals surface area contributed by atoms with Gasteiger partial charge in [0.1, 0.15) is 0 Å². The maximum Gasteiger partial charge on any atom is 0.338 e. The van der Waals surface area contributed by atoms with Crippen molar-refractivity contribution < 1.29 is 9.53 Å². The molecule has 0 bridgehead atoms. The van der Waals surface area contributed by atoms with Gasteiger partial charge in [0.25, 0.3) is 5.56 Å². The van der Waals surface area contributed by atoms with E-state index in [1.165, 1.54) is 11.3 Å². The summed E-state index contributed by atoms with van der Waals surface area (Å²) in [6.07, 6.45) is 3.97. The van der Waals surface area contributed by atoms with Crippen LogP contribution in [0.15, 0.2) is 106 Å². The molecule has 0 fully saturated rings. The van der Waals surface area contributed by atoms with Crippen LogP contribution in [0.5, 0.6) is 0 Å². The highest BCUT2D eigenvalue weighted by atomic mass is 35.5. The van der Waals surface area contributed by atoms with Crippen LogP contribution in [-0.2, 0) is 16.1 Å². The summed E-state index contributed by atoms with van der Waals surface area (Å²) in [5.74, 6) is -0.463. The normalized spacial score (nSPS) is 15.3. The number of carbonyl (C=O) groups excluding carboxylic acids is 1. The molecule has 6 nitrogen and oxygen atoms in total. The summed E-state index contributed by atoms with van der Waals surface area (Å²) in [6, 6.07) is 24.8. The van der Waals surface area contributed by atoms with Crippen molar-refractivity contribution in [3.63, 3.8) is 0 Å². The number of esters is 1. The minimum Gasteiger partial charge on any atom is -0.463 e. The summed E-state index contributed by atoms with van der Waals surface area (Å²) in [5, 5.41) is 1.74. The largest absolute Gasteiger partial charge is 0.463 e. The van der Waals surface area contributed by atoms with Gasteiger partial charge in [0.2, 0.25) is 0 Å². The number of aromatic nitrogens is 2. The van der Waals surface area contributed by atoms with E-state index >= 15 is 0 Å². The van der Waals surface area contributed by atoms with Crippen molar-refractivity contribution in [1.29, 1.82) is 0 Å². The van der Waals surface area contributed by atoms with Crippen molar-refractivity contribution >= 4 is 45.9 Å². The van der Waals surface area contributed by atoms with Crippen molar-refractivity contribution in [1.82, 2.24) is 9.13 Å². The van der Waals surface area contributed by atoms with Crippen LogP contribution in [0, 0.1) is 0 Å². The van der Waals surface area contributed by atoms with Crippen LogP contribution < -0.4 is 14.9 Å². The maximum atomic E-state index is 14.0. The summed E-state index contributed by atoms with van der Waals surface area (Å²) >= 11 is 7.78. The third-order valence-corrected chi connectivity index (χ3v) is 8.39. The average molecular weight is 568 g/mol. The first kappa shape index (κ1) is 26.0. The van der Waals surface area contributed by atoms with Gasteiger partial charge in [0.15, 0.2) is 4.80 Å². The van der Waals surface area contributed by atoms with Crippen molar-refractivity contribution in [3.05, 3.63) is 138 Å². The number of benzene rings is 3. The Labute approximate surface area is 239 Å².